The number of halogens is 2. The molecule has 35 heavy (non-hydrogen) atoms. The molecule has 0 aliphatic carbocycles. The molecule has 0 aliphatic rings. The van der Waals surface area contributed by atoms with Crippen molar-refractivity contribution >= 4 is 55.1 Å². The molecule has 7 nitrogen and oxygen atoms in total. The summed E-state index contributed by atoms with van der Waals surface area (Å²) in [6.45, 7) is 7.56. The number of carbonyl (C=O) groups excluding carboxylic acids is 2. The zero-order chi connectivity index (χ0) is 26.3. The highest BCUT2D eigenvalue weighted by molar-refractivity contribution is 9.10. The highest BCUT2D eigenvalue weighted by Gasteiger charge is 2.27. The highest BCUT2D eigenvalue weighted by Crippen LogP contribution is 2.28. The molecular formula is C25H33BrClN3O4S. The number of nitrogens with one attached hydrogen (secondary N) is 1. The van der Waals surface area contributed by atoms with Crippen LogP contribution in [0.2, 0.25) is 5.02 Å². The van der Waals surface area contributed by atoms with Crippen LogP contribution in [0.25, 0.3) is 0 Å². The van der Waals surface area contributed by atoms with E-state index in [1.807, 2.05) is 38.1 Å². The summed E-state index contributed by atoms with van der Waals surface area (Å²) >= 11 is 9.64. The Labute approximate surface area is 222 Å². The van der Waals surface area contributed by atoms with Crippen molar-refractivity contribution < 1.29 is 18.0 Å². The molecule has 0 aliphatic heterocycles. The second kappa shape index (κ2) is 12.7. The Hall–Kier alpha value is -2.10. The molecule has 0 spiro atoms. The van der Waals surface area contributed by atoms with Crippen LogP contribution in [0.3, 0.4) is 0 Å². The van der Waals surface area contributed by atoms with E-state index in [9.17, 15) is 18.0 Å². The Morgan fingerprint density at radius 2 is 1.77 bits per heavy atom. The number of nitrogens with zero attached hydrogens (tertiary/aromatic N) is 2. The van der Waals surface area contributed by atoms with Crippen LogP contribution in [-0.4, -0.2) is 50.0 Å². The Kier molecular flexibility index (Phi) is 10.6. The van der Waals surface area contributed by atoms with Gasteiger partial charge in [0.2, 0.25) is 21.8 Å². The van der Waals surface area contributed by atoms with E-state index in [-0.39, 0.29) is 43.8 Å². The lowest BCUT2D eigenvalue weighted by atomic mass is 10.1. The van der Waals surface area contributed by atoms with Crippen molar-refractivity contribution in [1.29, 1.82) is 0 Å². The average molecular weight is 587 g/mol. The Balaban J connectivity index is 2.21. The van der Waals surface area contributed by atoms with Gasteiger partial charge in [0.15, 0.2) is 0 Å². The van der Waals surface area contributed by atoms with Crippen molar-refractivity contribution in [3.05, 3.63) is 63.1 Å². The number of anilines is 1. The minimum Gasteiger partial charge on any atom is -0.352 e. The van der Waals surface area contributed by atoms with Crippen molar-refractivity contribution in [3.63, 3.8) is 0 Å². The first-order valence-corrected chi connectivity index (χ1v) is 14.4. The van der Waals surface area contributed by atoms with Gasteiger partial charge < -0.3 is 10.2 Å². The zero-order valence-electron chi connectivity index (χ0n) is 20.7. The lowest BCUT2D eigenvalue weighted by molar-refractivity contribution is -0.140. The molecule has 1 atom stereocenters. The maximum atomic E-state index is 13.3. The van der Waals surface area contributed by atoms with Gasteiger partial charge in [-0.25, -0.2) is 8.42 Å². The third-order valence-electron chi connectivity index (χ3n) is 5.50. The van der Waals surface area contributed by atoms with E-state index in [1.165, 1.54) is 9.21 Å². The van der Waals surface area contributed by atoms with Crippen molar-refractivity contribution in [1.82, 2.24) is 10.2 Å². The molecule has 0 saturated heterocycles. The molecule has 0 heterocycles. The first-order valence-electron chi connectivity index (χ1n) is 11.4. The van der Waals surface area contributed by atoms with Crippen molar-refractivity contribution in [2.75, 3.05) is 17.1 Å². The number of carbonyl (C=O) groups is 2. The van der Waals surface area contributed by atoms with Crippen LogP contribution in [0.4, 0.5) is 5.69 Å². The molecule has 0 bridgehead atoms. The van der Waals surface area contributed by atoms with Crippen LogP contribution >= 0.6 is 27.5 Å². The maximum Gasteiger partial charge on any atom is 0.242 e. The van der Waals surface area contributed by atoms with E-state index in [4.69, 9.17) is 11.6 Å². The third kappa shape index (κ3) is 8.51. The van der Waals surface area contributed by atoms with Gasteiger partial charge in [-0.15, -0.1) is 0 Å². The molecule has 2 rings (SSSR count). The summed E-state index contributed by atoms with van der Waals surface area (Å²) in [6.07, 6.45) is 1.50. The largest absolute Gasteiger partial charge is 0.352 e. The molecule has 2 amide bonds. The summed E-state index contributed by atoms with van der Waals surface area (Å²) in [7, 11) is -3.59. The number of benzene rings is 2. The average Bonchev–Trinajstić information content (AvgIpc) is 2.75. The molecule has 2 aromatic carbocycles. The number of hydrogen-bond donors (Lipinski definition) is 1. The number of sulfonamides is 1. The van der Waals surface area contributed by atoms with Crippen LogP contribution in [0.15, 0.2) is 46.9 Å². The van der Waals surface area contributed by atoms with Crippen molar-refractivity contribution in [2.45, 2.75) is 59.2 Å². The standard InChI is InChI=1S/C25H33BrClN3O4S/c1-17(2)28-25(32)19(4)29(16-20-9-6-10-21(26)15-20)24(31)13-8-14-30(35(5,33)34)23-12-7-11-22(27)18(23)3/h6-7,9-12,15,17,19H,8,13-14,16H2,1-5H3,(H,28,32). The Morgan fingerprint density at radius 3 is 2.37 bits per heavy atom. The lowest BCUT2D eigenvalue weighted by Crippen LogP contribution is -2.49. The third-order valence-corrected chi connectivity index (χ3v) is 7.58. The maximum absolute atomic E-state index is 13.3. The molecule has 0 saturated carbocycles. The quantitative estimate of drug-likeness (QED) is 0.406. The molecule has 0 radical (unpaired) electrons. The first-order chi connectivity index (χ1) is 16.3. The number of amides is 2. The smallest absolute Gasteiger partial charge is 0.242 e. The van der Waals surface area contributed by atoms with Crippen LogP contribution in [0.1, 0.15) is 44.7 Å². The molecule has 1 unspecified atom stereocenters. The van der Waals surface area contributed by atoms with Gasteiger partial charge in [0, 0.05) is 35.0 Å². The summed E-state index contributed by atoms with van der Waals surface area (Å²) in [6, 6.07) is 11.9. The van der Waals surface area contributed by atoms with Crippen molar-refractivity contribution in [3.8, 4) is 0 Å². The summed E-state index contributed by atoms with van der Waals surface area (Å²) in [5, 5.41) is 3.33. The molecular weight excluding hydrogens is 554 g/mol. The normalized spacial score (nSPS) is 12.3. The zero-order valence-corrected chi connectivity index (χ0v) is 23.9. The molecule has 1 N–H and O–H groups in total. The molecule has 192 valence electrons. The molecule has 0 aromatic heterocycles. The monoisotopic (exact) mass is 585 g/mol. The minimum absolute atomic E-state index is 0.0583. The number of rotatable bonds is 11. The summed E-state index contributed by atoms with van der Waals surface area (Å²) in [5.74, 6) is -0.469. The summed E-state index contributed by atoms with van der Waals surface area (Å²) in [5.41, 5.74) is 2.02. The van der Waals surface area contributed by atoms with E-state index in [0.717, 1.165) is 16.3 Å². The van der Waals surface area contributed by atoms with Gasteiger partial charge >= 0.3 is 0 Å². The molecule has 0 fully saturated rings. The van der Waals surface area contributed by atoms with Gasteiger partial charge in [0.05, 0.1) is 11.9 Å². The van der Waals surface area contributed by atoms with Crippen LogP contribution in [0.5, 0.6) is 0 Å². The van der Waals surface area contributed by atoms with Crippen LogP contribution in [-0.2, 0) is 26.2 Å². The van der Waals surface area contributed by atoms with E-state index in [0.29, 0.717) is 16.3 Å². The Bertz CT molecular complexity index is 1160. The predicted molar refractivity (Wildman–Crippen MR) is 145 cm³/mol. The van der Waals surface area contributed by atoms with Crippen LogP contribution in [0, 0.1) is 6.92 Å². The second-order valence-electron chi connectivity index (χ2n) is 8.81. The first kappa shape index (κ1) is 29.1. The van der Waals surface area contributed by atoms with Gasteiger partial charge in [0.1, 0.15) is 6.04 Å². The van der Waals surface area contributed by atoms with Gasteiger partial charge in [0.25, 0.3) is 0 Å². The van der Waals surface area contributed by atoms with Gasteiger partial charge in [-0.3, -0.25) is 13.9 Å². The van der Waals surface area contributed by atoms with E-state index < -0.39 is 16.1 Å². The Morgan fingerprint density at radius 1 is 1.11 bits per heavy atom. The topological polar surface area (TPSA) is 86.8 Å². The van der Waals surface area contributed by atoms with E-state index in [2.05, 4.69) is 21.2 Å². The minimum atomic E-state index is -3.59. The fraction of sp³-hybridized carbons (Fsp3) is 0.440. The lowest BCUT2D eigenvalue weighted by Gasteiger charge is -2.30. The van der Waals surface area contributed by atoms with E-state index in [1.54, 1.807) is 32.0 Å². The van der Waals surface area contributed by atoms with Gasteiger partial charge in [-0.1, -0.05) is 45.7 Å². The summed E-state index contributed by atoms with van der Waals surface area (Å²) < 4.78 is 27.2. The van der Waals surface area contributed by atoms with E-state index >= 15 is 0 Å². The fourth-order valence-electron chi connectivity index (χ4n) is 3.67. The fourth-order valence-corrected chi connectivity index (χ4v) is 5.30. The summed E-state index contributed by atoms with van der Waals surface area (Å²) in [4.78, 5) is 27.5. The SMILES string of the molecule is Cc1c(Cl)cccc1N(CCCC(=O)N(Cc1cccc(Br)c1)C(C)C(=O)NC(C)C)S(C)(=O)=O. The number of hydrogen-bond acceptors (Lipinski definition) is 4. The van der Waals surface area contributed by atoms with Crippen molar-refractivity contribution in [2.24, 2.45) is 0 Å². The van der Waals surface area contributed by atoms with Gasteiger partial charge in [-0.2, -0.15) is 0 Å². The van der Waals surface area contributed by atoms with Gasteiger partial charge in [-0.05, 0) is 69.5 Å². The molecule has 10 heteroatoms. The second-order valence-corrected chi connectivity index (χ2v) is 12.0. The highest BCUT2D eigenvalue weighted by atomic mass is 79.9. The van der Waals surface area contributed by atoms with Crippen LogP contribution < -0.4 is 9.62 Å². The molecule has 2 aromatic rings. The predicted octanol–water partition coefficient (Wildman–Crippen LogP) is 4.90.